The molecule has 6 heterocycles. The molecule has 2 aromatic carbocycles. The van der Waals surface area contributed by atoms with Crippen molar-refractivity contribution >= 4 is 65.6 Å². The first kappa shape index (κ1) is 35.2. The van der Waals surface area contributed by atoms with E-state index in [1.165, 1.54) is 0 Å². The SMILES string of the molecule is CC1(C)OC(=O)c2ccc(Nc3ncc(-c4nnc(CCCN5CCN(c6cccc7c6C(=O)N(C6CCC(=O)NC6=O)C7=O)CC5)o4)c(NS)n3)cc21. The number of esters is 1. The van der Waals surface area contributed by atoms with Gasteiger partial charge in [-0.15, -0.1) is 10.2 Å². The fourth-order valence-corrected chi connectivity index (χ4v) is 7.51. The highest BCUT2D eigenvalue weighted by Gasteiger charge is 2.46. The Hall–Kier alpha value is -5.88. The van der Waals surface area contributed by atoms with Crippen LogP contribution in [-0.4, -0.2) is 98.3 Å². The molecular weight excluding hydrogens is 717 g/mol. The topological polar surface area (TPSA) is 205 Å². The zero-order valence-corrected chi connectivity index (χ0v) is 30.3. The molecule has 0 saturated carbocycles. The number of cyclic esters (lactones) is 1. The predicted octanol–water partition coefficient (Wildman–Crippen LogP) is 3.09. The number of aryl methyl sites for hydroxylation is 1. The van der Waals surface area contributed by atoms with Crippen LogP contribution in [0.25, 0.3) is 11.5 Å². The third-order valence-electron chi connectivity index (χ3n) is 10.1. The van der Waals surface area contributed by atoms with Crippen molar-refractivity contribution in [1.29, 1.82) is 0 Å². The molecule has 17 nitrogen and oxygen atoms in total. The van der Waals surface area contributed by atoms with Gasteiger partial charge < -0.3 is 24.1 Å². The highest BCUT2D eigenvalue weighted by molar-refractivity contribution is 7.81. The smallest absolute Gasteiger partial charge is 0.339 e. The number of nitrogens with one attached hydrogen (secondary N) is 3. The van der Waals surface area contributed by atoms with Crippen LogP contribution < -0.4 is 20.3 Å². The Balaban J connectivity index is 0.852. The van der Waals surface area contributed by atoms with E-state index in [0.717, 1.165) is 36.5 Å². The molecule has 1 atom stereocenters. The molecule has 2 fully saturated rings. The van der Waals surface area contributed by atoms with Gasteiger partial charge in [-0.1, -0.05) is 18.9 Å². The zero-order valence-electron chi connectivity index (χ0n) is 29.4. The largest absolute Gasteiger partial charge is 0.451 e. The molecule has 1 unspecified atom stereocenters. The highest BCUT2D eigenvalue weighted by Crippen LogP contribution is 2.38. The Labute approximate surface area is 314 Å². The van der Waals surface area contributed by atoms with E-state index in [2.05, 4.69) is 58.1 Å². The average molecular weight is 753 g/mol. The molecule has 54 heavy (non-hydrogen) atoms. The van der Waals surface area contributed by atoms with Crippen molar-refractivity contribution < 1.29 is 33.1 Å². The molecule has 8 rings (SSSR count). The summed E-state index contributed by atoms with van der Waals surface area (Å²) in [5.74, 6) is -1.03. The van der Waals surface area contributed by atoms with E-state index >= 15 is 0 Å². The molecule has 4 amide bonds. The lowest BCUT2D eigenvalue weighted by molar-refractivity contribution is -0.136. The third-order valence-corrected chi connectivity index (χ3v) is 10.3. The maximum absolute atomic E-state index is 13.6. The van der Waals surface area contributed by atoms with Crippen molar-refractivity contribution in [3.8, 4) is 11.5 Å². The van der Waals surface area contributed by atoms with E-state index in [4.69, 9.17) is 9.15 Å². The monoisotopic (exact) mass is 752 g/mol. The first-order valence-electron chi connectivity index (χ1n) is 17.6. The number of carbonyl (C=O) groups excluding carboxylic acids is 5. The Kier molecular flexibility index (Phi) is 9.01. The number of piperazine rings is 1. The van der Waals surface area contributed by atoms with Gasteiger partial charge in [0.1, 0.15) is 17.2 Å². The number of aromatic nitrogens is 4. The van der Waals surface area contributed by atoms with Gasteiger partial charge in [-0.2, -0.15) is 4.98 Å². The number of fused-ring (bicyclic) bond motifs is 2. The van der Waals surface area contributed by atoms with E-state index in [-0.39, 0.29) is 30.3 Å². The molecule has 278 valence electrons. The van der Waals surface area contributed by atoms with Crippen LogP contribution in [-0.2, 0) is 26.3 Å². The maximum atomic E-state index is 13.6. The number of hydrogen-bond donors (Lipinski definition) is 4. The van der Waals surface area contributed by atoms with Crippen LogP contribution >= 0.6 is 12.8 Å². The lowest BCUT2D eigenvalue weighted by Crippen LogP contribution is -2.54. The first-order chi connectivity index (χ1) is 26.0. The molecular formula is C36H36N10O7S. The number of benzene rings is 2. The molecule has 4 aromatic rings. The minimum atomic E-state index is -1.01. The summed E-state index contributed by atoms with van der Waals surface area (Å²) in [6.07, 6.45) is 3.06. The Morgan fingerprint density at radius 1 is 0.981 bits per heavy atom. The first-order valence-corrected chi connectivity index (χ1v) is 18.0. The van der Waals surface area contributed by atoms with Gasteiger partial charge in [-0.25, -0.2) is 9.78 Å². The minimum absolute atomic E-state index is 0.0704. The number of imide groups is 2. The lowest BCUT2D eigenvalue weighted by Gasteiger charge is -2.36. The predicted molar refractivity (Wildman–Crippen MR) is 196 cm³/mol. The molecule has 18 heteroatoms. The Morgan fingerprint density at radius 3 is 2.57 bits per heavy atom. The van der Waals surface area contributed by atoms with E-state index in [1.807, 2.05) is 26.0 Å². The van der Waals surface area contributed by atoms with Gasteiger partial charge in [0, 0.05) is 56.5 Å². The van der Waals surface area contributed by atoms with Crippen molar-refractivity contribution in [2.75, 3.05) is 47.7 Å². The number of thiol groups is 1. The Bertz CT molecular complexity index is 2220. The summed E-state index contributed by atoms with van der Waals surface area (Å²) >= 11 is 4.22. The summed E-state index contributed by atoms with van der Waals surface area (Å²) in [4.78, 5) is 77.5. The van der Waals surface area contributed by atoms with Gasteiger partial charge in [0.05, 0.1) is 22.4 Å². The molecule has 0 aliphatic carbocycles. The zero-order chi connectivity index (χ0) is 37.7. The second-order valence-electron chi connectivity index (χ2n) is 13.9. The third kappa shape index (κ3) is 6.40. The van der Waals surface area contributed by atoms with Gasteiger partial charge in [-0.05, 0) is 63.6 Å². The van der Waals surface area contributed by atoms with Crippen LogP contribution in [0.1, 0.15) is 75.6 Å². The summed E-state index contributed by atoms with van der Waals surface area (Å²) in [5, 5.41) is 13.8. The number of anilines is 4. The number of nitrogens with zero attached hydrogens (tertiary/aromatic N) is 7. The molecule has 3 N–H and O–H groups in total. The standard InChI is InChI=1S/C36H36N10O7S/c1-36(2)23-17-19(8-9-20(23)34(51)53-36)38-35-37-18-22(29(40-35)43-54)31-42-41-27(52-31)7-4-12-44-13-15-45(16-14-44)24-6-3-5-21-28(24)33(50)46(32(21)49)25-10-11-26(47)39-30(25)48/h3,5-6,8-9,17-18,25,54H,4,7,10-16H2,1-2H3,(H,39,47,48)(H2,37,38,40,43). The normalized spacial score (nSPS) is 19.5. The van der Waals surface area contributed by atoms with Crippen LogP contribution in [0.4, 0.5) is 23.1 Å². The van der Waals surface area contributed by atoms with Crippen LogP contribution in [0.2, 0.25) is 0 Å². The number of piperidine rings is 1. The van der Waals surface area contributed by atoms with Gasteiger partial charge in [-0.3, -0.25) is 34.3 Å². The van der Waals surface area contributed by atoms with Gasteiger partial charge in [0.25, 0.3) is 17.7 Å². The molecule has 4 aliphatic rings. The number of carbonyl (C=O) groups is 5. The van der Waals surface area contributed by atoms with Gasteiger partial charge >= 0.3 is 5.97 Å². The minimum Gasteiger partial charge on any atom is -0.451 e. The molecule has 2 aromatic heterocycles. The van der Waals surface area contributed by atoms with Crippen molar-refractivity contribution in [2.45, 2.75) is 51.2 Å². The van der Waals surface area contributed by atoms with E-state index in [1.54, 1.807) is 30.5 Å². The van der Waals surface area contributed by atoms with E-state index in [0.29, 0.717) is 65.2 Å². The van der Waals surface area contributed by atoms with Gasteiger partial charge in [0.15, 0.2) is 5.82 Å². The van der Waals surface area contributed by atoms with Crippen LogP contribution in [0.15, 0.2) is 47.0 Å². The fourth-order valence-electron chi connectivity index (χ4n) is 7.34. The lowest BCUT2D eigenvalue weighted by atomic mass is 9.95. The quantitative estimate of drug-likeness (QED) is 0.104. The number of rotatable bonds is 10. The second-order valence-corrected chi connectivity index (χ2v) is 14.2. The second kappa shape index (κ2) is 13.8. The number of amides is 4. The van der Waals surface area contributed by atoms with Gasteiger partial charge in [0.2, 0.25) is 23.7 Å². The Morgan fingerprint density at radius 2 is 1.80 bits per heavy atom. The van der Waals surface area contributed by atoms with E-state index in [9.17, 15) is 24.0 Å². The highest BCUT2D eigenvalue weighted by atomic mass is 32.1. The van der Waals surface area contributed by atoms with E-state index < -0.39 is 35.3 Å². The van der Waals surface area contributed by atoms with Crippen LogP contribution in [0, 0.1) is 0 Å². The summed E-state index contributed by atoms with van der Waals surface area (Å²) in [6, 6.07) is 9.50. The molecule has 2 saturated heterocycles. The van der Waals surface area contributed by atoms with Crippen LogP contribution in [0.5, 0.6) is 0 Å². The fraction of sp³-hybridized carbons (Fsp3) is 0.361. The maximum Gasteiger partial charge on any atom is 0.339 e. The summed E-state index contributed by atoms with van der Waals surface area (Å²) in [7, 11) is 0. The van der Waals surface area contributed by atoms with Crippen molar-refractivity contribution in [3.63, 3.8) is 0 Å². The summed E-state index contributed by atoms with van der Waals surface area (Å²) < 4.78 is 14.2. The van der Waals surface area contributed by atoms with Crippen molar-refractivity contribution in [3.05, 3.63) is 70.7 Å². The molecule has 0 spiro atoms. The van der Waals surface area contributed by atoms with Crippen molar-refractivity contribution in [1.82, 2.24) is 35.3 Å². The van der Waals surface area contributed by atoms with Crippen molar-refractivity contribution in [2.24, 2.45) is 0 Å². The average Bonchev–Trinajstić information content (AvgIpc) is 3.80. The summed E-state index contributed by atoms with van der Waals surface area (Å²) in [5.41, 5.74) is 2.98. The van der Waals surface area contributed by atoms with Crippen LogP contribution in [0.3, 0.4) is 0 Å². The molecule has 0 radical (unpaired) electrons. The molecule has 4 aliphatic heterocycles. The summed E-state index contributed by atoms with van der Waals surface area (Å²) in [6.45, 7) is 7.22. The molecule has 0 bridgehead atoms. The number of hydrogen-bond acceptors (Lipinski definition) is 16. The number of ether oxygens (including phenoxy) is 1.